The zero-order chi connectivity index (χ0) is 18.6. The van der Waals surface area contributed by atoms with Crippen LogP contribution >= 0.6 is 0 Å². The first-order chi connectivity index (χ1) is 13.2. The largest absolute Gasteiger partial charge is 0.340 e. The SMILES string of the molecule is Cc1cccc(CC(=O)N2CCN(Cc3cccc4cccnc34)CC2)c1. The van der Waals surface area contributed by atoms with Crippen molar-refractivity contribution in [1.29, 1.82) is 0 Å². The Labute approximate surface area is 160 Å². The van der Waals surface area contributed by atoms with Crippen molar-refractivity contribution in [3.05, 3.63) is 77.5 Å². The van der Waals surface area contributed by atoms with E-state index in [0.29, 0.717) is 6.42 Å². The summed E-state index contributed by atoms with van der Waals surface area (Å²) >= 11 is 0. The van der Waals surface area contributed by atoms with Crippen molar-refractivity contribution in [1.82, 2.24) is 14.8 Å². The highest BCUT2D eigenvalue weighted by atomic mass is 16.2. The molecule has 4 rings (SSSR count). The maximum atomic E-state index is 12.6. The lowest BCUT2D eigenvalue weighted by atomic mass is 10.1. The zero-order valence-corrected chi connectivity index (χ0v) is 15.8. The monoisotopic (exact) mass is 359 g/mol. The second-order valence-corrected chi connectivity index (χ2v) is 7.32. The molecule has 1 amide bonds. The number of benzene rings is 2. The summed E-state index contributed by atoms with van der Waals surface area (Å²) in [6, 6.07) is 18.7. The van der Waals surface area contributed by atoms with Crippen molar-refractivity contribution in [3.63, 3.8) is 0 Å². The number of hydrogen-bond donors (Lipinski definition) is 0. The normalized spacial score (nSPS) is 15.2. The molecule has 27 heavy (non-hydrogen) atoms. The third-order valence-electron chi connectivity index (χ3n) is 5.27. The Bertz CT molecular complexity index is 940. The summed E-state index contributed by atoms with van der Waals surface area (Å²) in [5.74, 6) is 0.229. The number of rotatable bonds is 4. The van der Waals surface area contributed by atoms with E-state index in [4.69, 9.17) is 0 Å². The number of amides is 1. The number of hydrogen-bond acceptors (Lipinski definition) is 3. The third-order valence-corrected chi connectivity index (χ3v) is 5.27. The van der Waals surface area contributed by atoms with Crippen LogP contribution in [0.4, 0.5) is 0 Å². The summed E-state index contributed by atoms with van der Waals surface area (Å²) in [5, 5.41) is 1.18. The first-order valence-electron chi connectivity index (χ1n) is 9.57. The van der Waals surface area contributed by atoms with E-state index in [2.05, 4.69) is 53.2 Å². The molecule has 0 aliphatic carbocycles. The van der Waals surface area contributed by atoms with Gasteiger partial charge in [0, 0.05) is 44.3 Å². The van der Waals surface area contributed by atoms with Crippen molar-refractivity contribution < 1.29 is 4.79 Å². The molecule has 0 unspecified atom stereocenters. The molecule has 0 saturated carbocycles. The smallest absolute Gasteiger partial charge is 0.227 e. The highest BCUT2D eigenvalue weighted by Crippen LogP contribution is 2.18. The Hall–Kier alpha value is -2.72. The van der Waals surface area contributed by atoms with Gasteiger partial charge in [0.25, 0.3) is 0 Å². The van der Waals surface area contributed by atoms with Crippen LogP contribution < -0.4 is 0 Å². The van der Waals surface area contributed by atoms with Gasteiger partial charge in [-0.25, -0.2) is 0 Å². The molecule has 2 aromatic carbocycles. The van der Waals surface area contributed by atoms with E-state index >= 15 is 0 Å². The predicted octanol–water partition coefficient (Wildman–Crippen LogP) is 3.43. The zero-order valence-electron chi connectivity index (χ0n) is 15.8. The van der Waals surface area contributed by atoms with Gasteiger partial charge in [-0.15, -0.1) is 0 Å². The van der Waals surface area contributed by atoms with Crippen LogP contribution in [0.3, 0.4) is 0 Å². The predicted molar refractivity (Wildman–Crippen MR) is 108 cm³/mol. The minimum Gasteiger partial charge on any atom is -0.340 e. The van der Waals surface area contributed by atoms with Gasteiger partial charge in [0.05, 0.1) is 11.9 Å². The molecule has 0 atom stereocenters. The first-order valence-corrected chi connectivity index (χ1v) is 9.57. The van der Waals surface area contributed by atoms with Gasteiger partial charge in [0.2, 0.25) is 5.91 Å². The first kappa shape index (κ1) is 17.7. The fourth-order valence-electron chi connectivity index (χ4n) is 3.80. The van der Waals surface area contributed by atoms with Gasteiger partial charge in [-0.3, -0.25) is 14.7 Å². The average molecular weight is 359 g/mol. The molecule has 1 saturated heterocycles. The van der Waals surface area contributed by atoms with Gasteiger partial charge < -0.3 is 4.90 Å². The molecule has 2 heterocycles. The molecule has 138 valence electrons. The molecule has 0 spiro atoms. The van der Waals surface area contributed by atoms with E-state index in [1.165, 1.54) is 16.5 Å². The van der Waals surface area contributed by atoms with Crippen LogP contribution in [0.15, 0.2) is 60.8 Å². The number of fused-ring (bicyclic) bond motifs is 1. The summed E-state index contributed by atoms with van der Waals surface area (Å²) in [6.07, 6.45) is 2.35. The van der Waals surface area contributed by atoms with Crippen LogP contribution in [-0.4, -0.2) is 46.9 Å². The molecule has 4 nitrogen and oxygen atoms in total. The van der Waals surface area contributed by atoms with Crippen LogP contribution in [0, 0.1) is 6.92 Å². The number of pyridine rings is 1. The molecule has 0 bridgehead atoms. The molecule has 1 fully saturated rings. The molecule has 1 aliphatic heterocycles. The Morgan fingerprint density at radius 3 is 2.59 bits per heavy atom. The van der Waals surface area contributed by atoms with Crippen LogP contribution in [0.5, 0.6) is 0 Å². The number of nitrogens with zero attached hydrogens (tertiary/aromatic N) is 3. The van der Waals surface area contributed by atoms with Crippen molar-refractivity contribution >= 4 is 16.8 Å². The summed E-state index contributed by atoms with van der Waals surface area (Å²) in [5.41, 5.74) is 4.64. The summed E-state index contributed by atoms with van der Waals surface area (Å²) in [7, 11) is 0. The lowest BCUT2D eigenvalue weighted by Crippen LogP contribution is -2.48. The summed E-state index contributed by atoms with van der Waals surface area (Å²) in [6.45, 7) is 6.35. The second-order valence-electron chi connectivity index (χ2n) is 7.32. The highest BCUT2D eigenvalue weighted by molar-refractivity contribution is 5.81. The van der Waals surface area contributed by atoms with E-state index < -0.39 is 0 Å². The topological polar surface area (TPSA) is 36.4 Å². The highest BCUT2D eigenvalue weighted by Gasteiger charge is 2.21. The molecular weight excluding hydrogens is 334 g/mol. The van der Waals surface area contributed by atoms with Crippen LogP contribution in [-0.2, 0) is 17.8 Å². The molecule has 3 aromatic rings. The number of para-hydroxylation sites is 1. The standard InChI is InChI=1S/C23H25N3O/c1-18-5-2-6-19(15-18)16-22(27)26-13-11-25(12-14-26)17-21-8-3-7-20-9-4-10-24-23(20)21/h2-10,15H,11-14,16-17H2,1H3. The van der Waals surface area contributed by atoms with E-state index in [0.717, 1.165) is 43.8 Å². The Kier molecular flexibility index (Phi) is 5.16. The Morgan fingerprint density at radius 2 is 1.78 bits per heavy atom. The molecular formula is C23H25N3O. The fourth-order valence-corrected chi connectivity index (χ4v) is 3.80. The van der Waals surface area contributed by atoms with E-state index in [1.54, 1.807) is 0 Å². The third kappa shape index (κ3) is 4.17. The van der Waals surface area contributed by atoms with Gasteiger partial charge in [0.1, 0.15) is 0 Å². The van der Waals surface area contributed by atoms with E-state index in [1.807, 2.05) is 29.3 Å². The summed E-state index contributed by atoms with van der Waals surface area (Å²) < 4.78 is 0. The number of carbonyl (C=O) groups is 1. The summed E-state index contributed by atoms with van der Waals surface area (Å²) in [4.78, 5) is 21.6. The molecule has 1 aliphatic rings. The van der Waals surface area contributed by atoms with Crippen LogP contribution in [0.2, 0.25) is 0 Å². The molecule has 0 radical (unpaired) electrons. The van der Waals surface area contributed by atoms with Crippen LogP contribution in [0.1, 0.15) is 16.7 Å². The lowest BCUT2D eigenvalue weighted by molar-refractivity contribution is -0.132. The van der Waals surface area contributed by atoms with Gasteiger partial charge in [-0.2, -0.15) is 0 Å². The number of aryl methyl sites for hydroxylation is 1. The second kappa shape index (κ2) is 7.89. The maximum Gasteiger partial charge on any atom is 0.227 e. The van der Waals surface area contributed by atoms with Crippen molar-refractivity contribution in [2.45, 2.75) is 19.9 Å². The van der Waals surface area contributed by atoms with Crippen molar-refractivity contribution in [2.75, 3.05) is 26.2 Å². The minimum atomic E-state index is 0.229. The van der Waals surface area contributed by atoms with E-state index in [-0.39, 0.29) is 5.91 Å². The molecule has 0 N–H and O–H groups in total. The quantitative estimate of drug-likeness (QED) is 0.716. The van der Waals surface area contributed by atoms with Crippen molar-refractivity contribution in [3.8, 4) is 0 Å². The van der Waals surface area contributed by atoms with Gasteiger partial charge >= 0.3 is 0 Å². The molecule has 1 aromatic heterocycles. The van der Waals surface area contributed by atoms with Crippen LogP contribution in [0.25, 0.3) is 10.9 Å². The van der Waals surface area contributed by atoms with Gasteiger partial charge in [-0.05, 0) is 24.1 Å². The maximum absolute atomic E-state index is 12.6. The minimum absolute atomic E-state index is 0.229. The number of aromatic nitrogens is 1. The van der Waals surface area contributed by atoms with Crippen molar-refractivity contribution in [2.24, 2.45) is 0 Å². The van der Waals surface area contributed by atoms with Gasteiger partial charge in [-0.1, -0.05) is 54.1 Å². The average Bonchev–Trinajstić information content (AvgIpc) is 2.69. The Balaban J connectivity index is 1.35. The Morgan fingerprint density at radius 1 is 1.00 bits per heavy atom. The number of carbonyl (C=O) groups excluding carboxylic acids is 1. The lowest BCUT2D eigenvalue weighted by Gasteiger charge is -2.35. The van der Waals surface area contributed by atoms with Gasteiger partial charge in [0.15, 0.2) is 0 Å². The fraction of sp³-hybridized carbons (Fsp3) is 0.304. The van der Waals surface area contributed by atoms with E-state index in [9.17, 15) is 4.79 Å². The number of piperazine rings is 1. The molecule has 4 heteroatoms.